The van der Waals surface area contributed by atoms with Gasteiger partial charge >= 0.3 is 0 Å². The number of carbonyl (C=O) groups is 1. The van der Waals surface area contributed by atoms with Crippen molar-refractivity contribution in [2.45, 2.75) is 45.7 Å². The molecule has 0 saturated heterocycles. The fraction of sp³-hybridized carbons (Fsp3) is 0.350. The summed E-state index contributed by atoms with van der Waals surface area (Å²) in [7, 11) is 0. The predicted octanol–water partition coefficient (Wildman–Crippen LogP) is 4.45. The normalized spacial score (nSPS) is 13.3. The zero-order valence-corrected chi connectivity index (χ0v) is 14.2. The lowest BCUT2D eigenvalue weighted by Crippen LogP contribution is -2.40. The Morgan fingerprint density at radius 2 is 1.70 bits per heavy atom. The van der Waals surface area contributed by atoms with E-state index >= 15 is 0 Å². The van der Waals surface area contributed by atoms with E-state index in [9.17, 15) is 4.79 Å². The largest absolute Gasteiger partial charge is 0.324 e. The second-order valence-corrected chi connectivity index (χ2v) is 5.94. The first-order valence-corrected chi connectivity index (χ1v) is 8.29. The van der Waals surface area contributed by atoms with Crippen molar-refractivity contribution >= 4 is 11.6 Å². The second-order valence-electron chi connectivity index (χ2n) is 5.94. The maximum Gasteiger partial charge on any atom is 0.241 e. The Morgan fingerprint density at radius 3 is 2.35 bits per heavy atom. The van der Waals surface area contributed by atoms with E-state index in [-0.39, 0.29) is 18.0 Å². The van der Waals surface area contributed by atoms with Crippen LogP contribution in [0.25, 0.3) is 0 Å². The summed E-state index contributed by atoms with van der Waals surface area (Å²) in [6, 6.07) is 18.1. The summed E-state index contributed by atoms with van der Waals surface area (Å²) in [5, 5.41) is 6.47. The molecule has 122 valence electrons. The molecule has 0 fully saturated rings. The Labute approximate surface area is 139 Å². The molecule has 2 atom stereocenters. The molecule has 0 unspecified atom stereocenters. The van der Waals surface area contributed by atoms with Crippen molar-refractivity contribution in [3.05, 3.63) is 65.7 Å². The Bertz CT molecular complexity index is 625. The number of hydrogen-bond acceptors (Lipinski definition) is 2. The molecule has 0 spiro atoms. The Balaban J connectivity index is 2.02. The van der Waals surface area contributed by atoms with Gasteiger partial charge in [0, 0.05) is 11.7 Å². The topological polar surface area (TPSA) is 41.1 Å². The van der Waals surface area contributed by atoms with Crippen LogP contribution in [-0.4, -0.2) is 11.9 Å². The molecule has 2 aromatic carbocycles. The summed E-state index contributed by atoms with van der Waals surface area (Å²) in [4.78, 5) is 12.5. The lowest BCUT2D eigenvalue weighted by Gasteiger charge is -2.23. The summed E-state index contributed by atoms with van der Waals surface area (Å²) in [6.45, 7) is 6.08. The van der Waals surface area contributed by atoms with Crippen molar-refractivity contribution in [1.29, 1.82) is 0 Å². The van der Waals surface area contributed by atoms with Gasteiger partial charge in [-0.1, -0.05) is 61.9 Å². The lowest BCUT2D eigenvalue weighted by atomic mass is 10.0. The third-order valence-electron chi connectivity index (χ3n) is 4.03. The monoisotopic (exact) mass is 310 g/mol. The summed E-state index contributed by atoms with van der Waals surface area (Å²) in [6.07, 6.45) is 2.07. The van der Waals surface area contributed by atoms with Gasteiger partial charge in [-0.2, -0.15) is 0 Å². The number of anilines is 1. The molecular weight excluding hydrogens is 284 g/mol. The van der Waals surface area contributed by atoms with Crippen LogP contribution >= 0.6 is 0 Å². The molecule has 0 aliphatic rings. The van der Waals surface area contributed by atoms with Gasteiger partial charge in [0.15, 0.2) is 0 Å². The smallest absolute Gasteiger partial charge is 0.241 e. The maximum atomic E-state index is 12.5. The van der Waals surface area contributed by atoms with Gasteiger partial charge in [0.25, 0.3) is 0 Å². The van der Waals surface area contributed by atoms with Gasteiger partial charge < -0.3 is 5.32 Å². The molecule has 0 aliphatic heterocycles. The van der Waals surface area contributed by atoms with Crippen LogP contribution in [-0.2, 0) is 4.79 Å². The average Bonchev–Trinajstić information content (AvgIpc) is 2.57. The van der Waals surface area contributed by atoms with Crippen LogP contribution in [0.3, 0.4) is 0 Å². The highest BCUT2D eigenvalue weighted by atomic mass is 16.2. The summed E-state index contributed by atoms with van der Waals surface area (Å²) in [5.74, 6) is -0.00339. The van der Waals surface area contributed by atoms with Gasteiger partial charge in [0.05, 0.1) is 6.04 Å². The lowest BCUT2D eigenvalue weighted by molar-refractivity contribution is -0.118. The van der Waals surface area contributed by atoms with Crippen LogP contribution in [0.1, 0.15) is 43.9 Å². The number of hydrogen-bond donors (Lipinski definition) is 2. The summed E-state index contributed by atoms with van der Waals surface area (Å²) >= 11 is 0. The molecule has 0 heterocycles. The number of benzene rings is 2. The molecule has 0 bridgehead atoms. The highest BCUT2D eigenvalue weighted by Gasteiger charge is 2.19. The van der Waals surface area contributed by atoms with Crippen LogP contribution in [0, 0.1) is 6.92 Å². The number of aryl methyl sites for hydroxylation is 1. The Morgan fingerprint density at radius 1 is 1.04 bits per heavy atom. The molecule has 2 N–H and O–H groups in total. The van der Waals surface area contributed by atoms with E-state index in [1.54, 1.807) is 0 Å². The molecule has 23 heavy (non-hydrogen) atoms. The number of nitrogens with one attached hydrogen (secondary N) is 2. The highest BCUT2D eigenvalue weighted by Crippen LogP contribution is 2.19. The minimum Gasteiger partial charge on any atom is -0.324 e. The number of para-hydroxylation sites is 1. The minimum atomic E-state index is -0.258. The molecule has 3 heteroatoms. The zero-order valence-electron chi connectivity index (χ0n) is 14.2. The fourth-order valence-corrected chi connectivity index (χ4v) is 2.65. The molecule has 2 rings (SSSR count). The molecule has 0 saturated carbocycles. The first-order valence-electron chi connectivity index (χ1n) is 8.29. The molecule has 1 amide bonds. The Hall–Kier alpha value is -2.13. The standard InChI is InChI=1S/C20H26N2O/c1-4-10-19(17-12-6-5-7-13-17)21-16(3)20(23)22-18-14-9-8-11-15(18)2/h5-9,11-14,16,19,21H,4,10H2,1-3H3,(H,22,23)/t16-,19-/m0/s1. The molecule has 2 aromatic rings. The van der Waals surface area contributed by atoms with Crippen molar-refractivity contribution in [3.8, 4) is 0 Å². The van der Waals surface area contributed by atoms with Gasteiger partial charge in [-0.05, 0) is 37.5 Å². The van der Waals surface area contributed by atoms with Gasteiger partial charge in [-0.25, -0.2) is 0 Å². The van der Waals surface area contributed by atoms with E-state index in [0.29, 0.717) is 0 Å². The van der Waals surface area contributed by atoms with E-state index in [4.69, 9.17) is 0 Å². The van der Waals surface area contributed by atoms with E-state index in [0.717, 1.165) is 24.1 Å². The third-order valence-corrected chi connectivity index (χ3v) is 4.03. The average molecular weight is 310 g/mol. The summed E-state index contributed by atoms with van der Waals surface area (Å²) < 4.78 is 0. The zero-order chi connectivity index (χ0) is 16.7. The van der Waals surface area contributed by atoms with Crippen LogP contribution in [0.15, 0.2) is 54.6 Å². The maximum absolute atomic E-state index is 12.5. The third kappa shape index (κ3) is 4.93. The molecule has 3 nitrogen and oxygen atoms in total. The molecule has 0 aromatic heterocycles. The van der Waals surface area contributed by atoms with Crippen molar-refractivity contribution in [1.82, 2.24) is 5.32 Å². The Kier molecular flexibility index (Phi) is 6.36. The van der Waals surface area contributed by atoms with E-state index in [2.05, 4.69) is 29.7 Å². The first kappa shape index (κ1) is 17.2. The fourth-order valence-electron chi connectivity index (χ4n) is 2.65. The first-order chi connectivity index (χ1) is 11.1. The van der Waals surface area contributed by atoms with Crippen molar-refractivity contribution in [3.63, 3.8) is 0 Å². The van der Waals surface area contributed by atoms with Crippen molar-refractivity contribution in [2.24, 2.45) is 0 Å². The summed E-state index contributed by atoms with van der Waals surface area (Å²) in [5.41, 5.74) is 3.17. The van der Waals surface area contributed by atoms with E-state index < -0.39 is 0 Å². The quantitative estimate of drug-likeness (QED) is 0.793. The molecular formula is C20H26N2O. The minimum absolute atomic E-state index is 0.00339. The van der Waals surface area contributed by atoms with Gasteiger partial charge in [0.1, 0.15) is 0 Å². The van der Waals surface area contributed by atoms with E-state index in [1.165, 1.54) is 5.56 Å². The SMILES string of the molecule is CCC[C@H](N[C@@H](C)C(=O)Nc1ccccc1C)c1ccccc1. The van der Waals surface area contributed by atoms with Crippen LogP contribution in [0.4, 0.5) is 5.69 Å². The van der Waals surface area contributed by atoms with Gasteiger partial charge in [-0.3, -0.25) is 10.1 Å². The number of carbonyl (C=O) groups excluding carboxylic acids is 1. The second kappa shape index (κ2) is 8.49. The van der Waals surface area contributed by atoms with E-state index in [1.807, 2.05) is 56.3 Å². The predicted molar refractivity (Wildman–Crippen MR) is 96.5 cm³/mol. The van der Waals surface area contributed by atoms with Crippen LogP contribution < -0.4 is 10.6 Å². The van der Waals surface area contributed by atoms with Gasteiger partial charge in [0.2, 0.25) is 5.91 Å². The van der Waals surface area contributed by atoms with Crippen LogP contribution in [0.2, 0.25) is 0 Å². The van der Waals surface area contributed by atoms with Gasteiger partial charge in [-0.15, -0.1) is 0 Å². The van der Waals surface area contributed by atoms with Crippen LogP contribution in [0.5, 0.6) is 0 Å². The number of rotatable bonds is 7. The van der Waals surface area contributed by atoms with Crippen molar-refractivity contribution < 1.29 is 4.79 Å². The molecule has 0 aliphatic carbocycles. The van der Waals surface area contributed by atoms with Crippen molar-refractivity contribution in [2.75, 3.05) is 5.32 Å². The molecule has 0 radical (unpaired) electrons. The highest BCUT2D eigenvalue weighted by molar-refractivity contribution is 5.95. The number of amides is 1.